The summed E-state index contributed by atoms with van der Waals surface area (Å²) in [5, 5.41) is 6.40. The number of hydrogen-bond donors (Lipinski definition) is 0. The topological polar surface area (TPSA) is 48.2 Å². The fraction of sp³-hybridized carbons (Fsp3) is 0.667. The van der Waals surface area contributed by atoms with Crippen molar-refractivity contribution in [3.05, 3.63) is 12.5 Å². The molecule has 1 saturated heterocycles. The minimum atomic E-state index is 1.00. The van der Waals surface area contributed by atoms with Crippen molar-refractivity contribution < 1.29 is 9.26 Å². The molecule has 1 aliphatic heterocycles. The maximum atomic E-state index is 4.94. The zero-order chi connectivity index (χ0) is 7.07. The lowest BCUT2D eigenvalue weighted by molar-refractivity contribution is 0.198. The van der Waals surface area contributed by atoms with Crippen LogP contribution in [0.15, 0.2) is 17.0 Å². The van der Waals surface area contributed by atoms with E-state index < -0.39 is 0 Å². The van der Waals surface area contributed by atoms with Crippen LogP contribution < -0.4 is 0 Å². The van der Waals surface area contributed by atoms with Gasteiger partial charge in [0.1, 0.15) is 6.26 Å². The summed E-state index contributed by atoms with van der Waals surface area (Å²) >= 11 is 0. The van der Waals surface area contributed by atoms with Crippen LogP contribution >= 0.6 is 0 Å². The van der Waals surface area contributed by atoms with Crippen molar-refractivity contribution in [3.8, 4) is 0 Å². The number of ether oxygens (including phenoxy) is 1. The van der Waals surface area contributed by atoms with Gasteiger partial charge in [-0.05, 0) is 12.8 Å². The van der Waals surface area contributed by atoms with Crippen molar-refractivity contribution in [2.24, 2.45) is 0 Å². The standard InChI is InChI=1S/C4H8O.C2H2N2O/c1-2-4-5-3-1;1-2-5-4-3-1/h1-4H2;1-2H. The second kappa shape index (κ2) is 4.93. The van der Waals surface area contributed by atoms with Gasteiger partial charge in [-0.2, -0.15) is 0 Å². The summed E-state index contributed by atoms with van der Waals surface area (Å²) in [5.74, 6) is 0. The van der Waals surface area contributed by atoms with Gasteiger partial charge < -0.3 is 9.26 Å². The molecule has 1 aliphatic rings. The van der Waals surface area contributed by atoms with Gasteiger partial charge in [0.05, 0.1) is 6.20 Å². The van der Waals surface area contributed by atoms with E-state index in [2.05, 4.69) is 14.9 Å². The molecule has 2 heterocycles. The first-order valence-corrected chi connectivity index (χ1v) is 3.29. The Morgan fingerprint density at radius 1 is 1.20 bits per heavy atom. The van der Waals surface area contributed by atoms with E-state index in [1.54, 1.807) is 0 Å². The van der Waals surface area contributed by atoms with E-state index in [9.17, 15) is 0 Å². The van der Waals surface area contributed by atoms with E-state index >= 15 is 0 Å². The third-order valence-corrected chi connectivity index (χ3v) is 1.11. The molecule has 56 valence electrons. The smallest absolute Gasteiger partial charge is 0.144 e. The molecule has 10 heavy (non-hydrogen) atoms. The van der Waals surface area contributed by atoms with Crippen molar-refractivity contribution in [2.75, 3.05) is 13.2 Å². The van der Waals surface area contributed by atoms with Crippen molar-refractivity contribution in [2.45, 2.75) is 12.8 Å². The molecule has 2 rings (SSSR count). The number of hydrogen-bond acceptors (Lipinski definition) is 4. The third kappa shape index (κ3) is 3.19. The van der Waals surface area contributed by atoms with E-state index in [-0.39, 0.29) is 0 Å². The first kappa shape index (κ1) is 7.21. The summed E-state index contributed by atoms with van der Waals surface area (Å²) in [6, 6.07) is 0. The molecule has 0 bridgehead atoms. The SMILES string of the molecule is C1CCOC1.c1conn1. The summed E-state index contributed by atoms with van der Waals surface area (Å²) in [6.45, 7) is 2.00. The van der Waals surface area contributed by atoms with Crippen LogP contribution in [0.3, 0.4) is 0 Å². The highest BCUT2D eigenvalue weighted by atomic mass is 16.5. The Hall–Kier alpha value is -0.900. The molecule has 0 saturated carbocycles. The Balaban J connectivity index is 0.0000001000. The van der Waals surface area contributed by atoms with E-state index in [4.69, 9.17) is 4.74 Å². The van der Waals surface area contributed by atoms with Gasteiger partial charge in [-0.3, -0.25) is 0 Å². The molecular formula is C6H10N2O2. The van der Waals surface area contributed by atoms with E-state index in [0.717, 1.165) is 13.2 Å². The zero-order valence-corrected chi connectivity index (χ0v) is 5.69. The lowest BCUT2D eigenvalue weighted by atomic mass is 10.4. The molecule has 0 aromatic carbocycles. The van der Waals surface area contributed by atoms with Crippen molar-refractivity contribution in [1.82, 2.24) is 10.4 Å². The average molecular weight is 142 g/mol. The molecule has 0 atom stereocenters. The van der Waals surface area contributed by atoms with Crippen LogP contribution in [0.1, 0.15) is 12.8 Å². The average Bonchev–Trinajstić information content (AvgIpc) is 2.67. The Morgan fingerprint density at radius 3 is 2.20 bits per heavy atom. The van der Waals surface area contributed by atoms with Crippen LogP contribution in [0.25, 0.3) is 0 Å². The molecule has 0 amide bonds. The van der Waals surface area contributed by atoms with Crippen LogP contribution in [0.2, 0.25) is 0 Å². The maximum Gasteiger partial charge on any atom is 0.144 e. The van der Waals surface area contributed by atoms with Gasteiger partial charge in [0.25, 0.3) is 0 Å². The van der Waals surface area contributed by atoms with E-state index in [1.807, 2.05) is 0 Å². The van der Waals surface area contributed by atoms with Gasteiger partial charge in [0.2, 0.25) is 0 Å². The van der Waals surface area contributed by atoms with Crippen LogP contribution in [0, 0.1) is 0 Å². The van der Waals surface area contributed by atoms with Crippen LogP contribution in [-0.2, 0) is 4.74 Å². The first-order valence-electron chi connectivity index (χ1n) is 3.29. The molecule has 4 nitrogen and oxygen atoms in total. The predicted molar refractivity (Wildman–Crippen MR) is 34.4 cm³/mol. The van der Waals surface area contributed by atoms with Crippen molar-refractivity contribution in [1.29, 1.82) is 0 Å². The molecular weight excluding hydrogens is 132 g/mol. The summed E-state index contributed by atoms with van der Waals surface area (Å²) in [4.78, 5) is 0. The highest BCUT2D eigenvalue weighted by Crippen LogP contribution is 1.98. The van der Waals surface area contributed by atoms with Gasteiger partial charge in [0, 0.05) is 18.5 Å². The Labute approximate surface area is 59.2 Å². The highest BCUT2D eigenvalue weighted by molar-refractivity contribution is 4.48. The first-order chi connectivity index (χ1) is 5.00. The number of aromatic nitrogens is 2. The van der Waals surface area contributed by atoms with Gasteiger partial charge in [0.15, 0.2) is 0 Å². The highest BCUT2D eigenvalue weighted by Gasteiger charge is 1.94. The Kier molecular flexibility index (Phi) is 3.56. The third-order valence-electron chi connectivity index (χ3n) is 1.11. The molecule has 0 N–H and O–H groups in total. The summed E-state index contributed by atoms with van der Waals surface area (Å²) < 4.78 is 9.17. The van der Waals surface area contributed by atoms with Crippen LogP contribution in [0.4, 0.5) is 0 Å². The molecule has 0 radical (unpaired) electrons. The molecule has 4 heteroatoms. The Morgan fingerprint density at radius 2 is 2.00 bits per heavy atom. The van der Waals surface area contributed by atoms with Crippen LogP contribution in [-0.4, -0.2) is 23.6 Å². The van der Waals surface area contributed by atoms with Gasteiger partial charge in [-0.25, -0.2) is 0 Å². The summed E-state index contributed by atoms with van der Waals surface area (Å²) in [7, 11) is 0. The number of rotatable bonds is 0. The van der Waals surface area contributed by atoms with Gasteiger partial charge >= 0.3 is 0 Å². The lowest BCUT2D eigenvalue weighted by Gasteiger charge is -1.76. The van der Waals surface area contributed by atoms with E-state index in [1.165, 1.54) is 25.3 Å². The molecule has 1 fully saturated rings. The van der Waals surface area contributed by atoms with Crippen molar-refractivity contribution >= 4 is 0 Å². The summed E-state index contributed by atoms with van der Waals surface area (Å²) in [6.07, 6.45) is 5.43. The lowest BCUT2D eigenvalue weighted by Crippen LogP contribution is -1.74. The fourth-order valence-electron chi connectivity index (χ4n) is 0.646. The minimum absolute atomic E-state index is 1.00. The monoisotopic (exact) mass is 142 g/mol. The summed E-state index contributed by atoms with van der Waals surface area (Å²) in [5.41, 5.74) is 0. The quantitative estimate of drug-likeness (QED) is 0.539. The molecule has 0 spiro atoms. The second-order valence-corrected chi connectivity index (χ2v) is 1.91. The molecule has 0 unspecified atom stereocenters. The minimum Gasteiger partial charge on any atom is -0.381 e. The zero-order valence-electron chi connectivity index (χ0n) is 5.69. The Bertz CT molecular complexity index is 113. The van der Waals surface area contributed by atoms with E-state index in [0.29, 0.717) is 0 Å². The second-order valence-electron chi connectivity index (χ2n) is 1.91. The number of nitrogens with zero attached hydrogens (tertiary/aromatic N) is 2. The molecule has 1 aromatic rings. The van der Waals surface area contributed by atoms with Gasteiger partial charge in [-0.15, -0.1) is 5.10 Å². The fourth-order valence-corrected chi connectivity index (χ4v) is 0.646. The van der Waals surface area contributed by atoms with Crippen LogP contribution in [0.5, 0.6) is 0 Å². The molecule has 0 aliphatic carbocycles. The normalized spacial score (nSPS) is 16.0. The van der Waals surface area contributed by atoms with Gasteiger partial charge in [-0.1, -0.05) is 0 Å². The molecule has 1 aromatic heterocycles. The largest absolute Gasteiger partial charge is 0.381 e. The predicted octanol–water partition coefficient (Wildman–Crippen LogP) is 0.866. The van der Waals surface area contributed by atoms with Crippen molar-refractivity contribution in [3.63, 3.8) is 0 Å². The maximum absolute atomic E-state index is 4.94.